The summed E-state index contributed by atoms with van der Waals surface area (Å²) in [5, 5.41) is 19.7. The second-order valence-corrected chi connectivity index (χ2v) is 3.60. The second-order valence-electron chi connectivity index (χ2n) is 3.60. The van der Waals surface area contributed by atoms with Crippen LogP contribution in [-0.4, -0.2) is 34.1 Å². The van der Waals surface area contributed by atoms with Crippen molar-refractivity contribution in [1.29, 1.82) is 0 Å². The van der Waals surface area contributed by atoms with Gasteiger partial charge in [-0.25, -0.2) is 4.79 Å². The maximum atomic E-state index is 11.2. The van der Waals surface area contributed by atoms with E-state index in [0.29, 0.717) is 13.1 Å². The predicted octanol–water partition coefficient (Wildman–Crippen LogP) is 1.87. The van der Waals surface area contributed by atoms with Crippen LogP contribution in [0.25, 0.3) is 0 Å². The third-order valence-corrected chi connectivity index (χ3v) is 2.33. The molecule has 0 atom stereocenters. The van der Waals surface area contributed by atoms with E-state index < -0.39 is 16.7 Å². The van der Waals surface area contributed by atoms with E-state index in [0.717, 1.165) is 6.07 Å². The highest BCUT2D eigenvalue weighted by atomic mass is 16.6. The summed E-state index contributed by atoms with van der Waals surface area (Å²) in [6.45, 7) is 7.91. The van der Waals surface area contributed by atoms with Gasteiger partial charge in [-0.05, 0) is 9.91 Å². The fraction of sp³-hybridized carbons (Fsp3) is 0.167. The minimum Gasteiger partial charge on any atom is -0.478 e. The summed E-state index contributed by atoms with van der Waals surface area (Å²) < 4.78 is 0. The normalized spacial score (nSPS) is 9.68. The zero-order valence-corrected chi connectivity index (χ0v) is 10.2. The maximum absolute atomic E-state index is 11.2. The Labute approximate surface area is 109 Å². The molecule has 19 heavy (non-hydrogen) atoms. The number of carboxylic acid groups (broad SMARTS) is 1. The van der Waals surface area contributed by atoms with Gasteiger partial charge in [0, 0.05) is 13.1 Å². The van der Waals surface area contributed by atoms with Crippen molar-refractivity contribution >= 4 is 17.5 Å². The lowest BCUT2D eigenvalue weighted by molar-refractivity contribution is -0.389. The Balaban J connectivity index is 3.31. The molecule has 0 amide bonds. The zero-order valence-electron chi connectivity index (χ0n) is 10.2. The average Bonchev–Trinajstić information content (AvgIpc) is 2.37. The van der Waals surface area contributed by atoms with Crippen molar-refractivity contribution in [3.05, 3.63) is 53.3 Å². The molecule has 0 saturated carbocycles. The largest absolute Gasteiger partial charge is 0.478 e. The molecular formula is C12H13N3O4. The molecule has 0 aliphatic carbocycles. The molecule has 0 bridgehead atoms. The fourth-order valence-electron chi connectivity index (χ4n) is 1.54. The van der Waals surface area contributed by atoms with E-state index in [1.807, 2.05) is 0 Å². The highest BCUT2D eigenvalue weighted by Gasteiger charge is 2.21. The topological polar surface area (TPSA) is 96.6 Å². The summed E-state index contributed by atoms with van der Waals surface area (Å²) in [7, 11) is 0. The first-order valence-electron chi connectivity index (χ1n) is 5.35. The van der Waals surface area contributed by atoms with Crippen LogP contribution in [0.4, 0.5) is 11.5 Å². The van der Waals surface area contributed by atoms with Gasteiger partial charge in [0.15, 0.2) is 6.20 Å². The van der Waals surface area contributed by atoms with Crippen LogP contribution in [0.1, 0.15) is 10.4 Å². The molecule has 0 unspecified atom stereocenters. The van der Waals surface area contributed by atoms with Gasteiger partial charge in [0.25, 0.3) is 0 Å². The molecule has 0 aliphatic heterocycles. The van der Waals surface area contributed by atoms with Gasteiger partial charge in [0.1, 0.15) is 0 Å². The SMILES string of the molecule is C=CCN(CC=C)c1cnc([N+](=O)[O-])cc1C(=O)O. The number of carboxylic acids is 1. The Hall–Kier alpha value is -2.70. The molecule has 0 radical (unpaired) electrons. The Morgan fingerprint density at radius 1 is 1.47 bits per heavy atom. The Kier molecular flexibility index (Phi) is 4.76. The van der Waals surface area contributed by atoms with Crippen LogP contribution in [0.3, 0.4) is 0 Å². The van der Waals surface area contributed by atoms with E-state index in [1.54, 1.807) is 17.1 Å². The average molecular weight is 263 g/mol. The van der Waals surface area contributed by atoms with Gasteiger partial charge in [0.05, 0.1) is 17.3 Å². The lowest BCUT2D eigenvalue weighted by Crippen LogP contribution is -2.25. The molecule has 1 rings (SSSR count). The van der Waals surface area contributed by atoms with Crippen LogP contribution in [0.2, 0.25) is 0 Å². The van der Waals surface area contributed by atoms with Gasteiger partial charge in [0.2, 0.25) is 0 Å². The van der Waals surface area contributed by atoms with E-state index in [1.165, 1.54) is 6.20 Å². The third-order valence-electron chi connectivity index (χ3n) is 2.33. The van der Waals surface area contributed by atoms with E-state index in [2.05, 4.69) is 18.1 Å². The van der Waals surface area contributed by atoms with Gasteiger partial charge in [-0.3, -0.25) is 0 Å². The van der Waals surface area contributed by atoms with E-state index >= 15 is 0 Å². The number of aromatic nitrogens is 1. The minimum absolute atomic E-state index is 0.176. The Morgan fingerprint density at radius 3 is 2.47 bits per heavy atom. The number of rotatable bonds is 7. The third kappa shape index (κ3) is 3.38. The van der Waals surface area contributed by atoms with Crippen LogP contribution in [0.5, 0.6) is 0 Å². The van der Waals surface area contributed by atoms with Crippen LogP contribution in [0.15, 0.2) is 37.6 Å². The first kappa shape index (κ1) is 14.4. The zero-order chi connectivity index (χ0) is 14.4. The van der Waals surface area contributed by atoms with E-state index in [-0.39, 0.29) is 11.3 Å². The number of nitrogens with zero attached hydrogens (tertiary/aromatic N) is 3. The molecular weight excluding hydrogens is 250 g/mol. The number of pyridine rings is 1. The monoisotopic (exact) mass is 263 g/mol. The molecule has 0 aromatic carbocycles. The summed E-state index contributed by atoms with van der Waals surface area (Å²) in [4.78, 5) is 26.3. The highest BCUT2D eigenvalue weighted by molar-refractivity contribution is 5.94. The molecule has 0 fully saturated rings. The van der Waals surface area contributed by atoms with Crippen molar-refractivity contribution in [3.63, 3.8) is 0 Å². The van der Waals surface area contributed by atoms with Crippen LogP contribution < -0.4 is 4.90 Å². The number of carbonyl (C=O) groups is 1. The van der Waals surface area contributed by atoms with Crippen molar-refractivity contribution in [3.8, 4) is 0 Å². The van der Waals surface area contributed by atoms with Crippen LogP contribution in [-0.2, 0) is 0 Å². The molecule has 0 saturated heterocycles. The van der Waals surface area contributed by atoms with Gasteiger partial charge in [-0.2, -0.15) is 0 Å². The number of aromatic carboxylic acids is 1. The second kappa shape index (κ2) is 6.29. The summed E-state index contributed by atoms with van der Waals surface area (Å²) in [6.07, 6.45) is 4.36. The van der Waals surface area contributed by atoms with E-state index in [9.17, 15) is 14.9 Å². The molecule has 1 N–H and O–H groups in total. The standard InChI is InChI=1S/C12H13N3O4/c1-3-5-14(6-4-2)10-8-13-11(15(18)19)7-9(10)12(16)17/h3-4,7-8H,1-2,5-6H2,(H,16,17). The molecule has 1 heterocycles. The highest BCUT2D eigenvalue weighted by Crippen LogP contribution is 2.23. The summed E-state index contributed by atoms with van der Waals surface area (Å²) in [5.74, 6) is -1.75. The maximum Gasteiger partial charge on any atom is 0.364 e. The predicted molar refractivity (Wildman–Crippen MR) is 70.5 cm³/mol. The van der Waals surface area contributed by atoms with Crippen LogP contribution in [0, 0.1) is 10.1 Å². The van der Waals surface area contributed by atoms with Crippen molar-refractivity contribution in [1.82, 2.24) is 4.98 Å². The lowest BCUT2D eigenvalue weighted by atomic mass is 10.2. The van der Waals surface area contributed by atoms with Gasteiger partial charge in [-0.1, -0.05) is 12.2 Å². The molecule has 0 spiro atoms. The molecule has 7 heteroatoms. The molecule has 7 nitrogen and oxygen atoms in total. The quantitative estimate of drug-likeness (QED) is 0.458. The number of hydrogen-bond donors (Lipinski definition) is 1. The van der Waals surface area contributed by atoms with Crippen molar-refractivity contribution in [2.75, 3.05) is 18.0 Å². The number of nitro groups is 1. The van der Waals surface area contributed by atoms with Crippen LogP contribution >= 0.6 is 0 Å². The minimum atomic E-state index is -1.25. The number of hydrogen-bond acceptors (Lipinski definition) is 5. The Bertz CT molecular complexity index is 518. The van der Waals surface area contributed by atoms with Gasteiger partial charge < -0.3 is 20.1 Å². The first-order valence-corrected chi connectivity index (χ1v) is 5.35. The fourth-order valence-corrected chi connectivity index (χ4v) is 1.54. The summed E-state index contributed by atoms with van der Waals surface area (Å²) in [5.41, 5.74) is 0.114. The summed E-state index contributed by atoms with van der Waals surface area (Å²) in [6, 6.07) is 0.941. The van der Waals surface area contributed by atoms with Crippen molar-refractivity contribution in [2.24, 2.45) is 0 Å². The van der Waals surface area contributed by atoms with Crippen molar-refractivity contribution < 1.29 is 14.8 Å². The molecule has 1 aromatic heterocycles. The first-order chi connectivity index (χ1) is 9.01. The lowest BCUT2D eigenvalue weighted by Gasteiger charge is -2.21. The van der Waals surface area contributed by atoms with Gasteiger partial charge in [-0.15, -0.1) is 13.2 Å². The molecule has 1 aromatic rings. The number of anilines is 1. The van der Waals surface area contributed by atoms with Crippen molar-refractivity contribution in [2.45, 2.75) is 0 Å². The summed E-state index contributed by atoms with van der Waals surface area (Å²) >= 11 is 0. The smallest absolute Gasteiger partial charge is 0.364 e. The Morgan fingerprint density at radius 2 is 2.05 bits per heavy atom. The molecule has 0 aliphatic rings. The van der Waals surface area contributed by atoms with Gasteiger partial charge >= 0.3 is 11.8 Å². The van der Waals surface area contributed by atoms with E-state index in [4.69, 9.17) is 5.11 Å². The molecule has 100 valence electrons.